The summed E-state index contributed by atoms with van der Waals surface area (Å²) in [4.78, 5) is 24.2. The number of methoxy groups -OCH3 is 1. The summed E-state index contributed by atoms with van der Waals surface area (Å²) in [6, 6.07) is 6.54. The zero-order valence-corrected chi connectivity index (χ0v) is 15.9. The van der Waals surface area contributed by atoms with Crippen molar-refractivity contribution in [2.45, 2.75) is 0 Å². The number of ether oxygens (including phenoxy) is 4. The third-order valence-electron chi connectivity index (χ3n) is 3.73. The lowest BCUT2D eigenvalue weighted by atomic mass is 10.1. The lowest BCUT2D eigenvalue weighted by Gasteiger charge is -2.08. The van der Waals surface area contributed by atoms with Gasteiger partial charge in [-0.05, 0) is 18.2 Å². The number of carbonyl (C=O) groups is 1. The Hall–Kier alpha value is -2.46. The quantitative estimate of drug-likeness (QED) is 0.373. The first-order chi connectivity index (χ1) is 13.7. The van der Waals surface area contributed by atoms with E-state index in [2.05, 4.69) is 5.32 Å². The van der Waals surface area contributed by atoms with Gasteiger partial charge in [-0.15, -0.1) is 0 Å². The fraction of sp³-hybridized carbons (Fsp3) is 0.474. The third-order valence-corrected chi connectivity index (χ3v) is 3.73. The molecule has 3 N–H and O–H groups in total. The van der Waals surface area contributed by atoms with Crippen LogP contribution in [0.1, 0.15) is 10.4 Å². The molecule has 2 aromatic rings. The summed E-state index contributed by atoms with van der Waals surface area (Å²) in [5.41, 5.74) is 4.89. The Morgan fingerprint density at radius 1 is 1.04 bits per heavy atom. The monoisotopic (exact) mass is 394 g/mol. The van der Waals surface area contributed by atoms with Crippen LogP contribution >= 0.6 is 0 Å². The highest BCUT2D eigenvalue weighted by Gasteiger charge is 2.13. The molecule has 0 atom stereocenters. The number of hydrogen-bond donors (Lipinski definition) is 2. The van der Waals surface area contributed by atoms with Crippen LogP contribution in [-0.2, 0) is 14.2 Å². The molecule has 9 heteroatoms. The predicted molar refractivity (Wildman–Crippen MR) is 103 cm³/mol. The highest BCUT2D eigenvalue weighted by atomic mass is 16.5. The number of amides is 1. The Labute approximate surface area is 162 Å². The maximum absolute atomic E-state index is 12.2. The molecule has 0 bridgehead atoms. The summed E-state index contributed by atoms with van der Waals surface area (Å²) in [5.74, 6) is 0.0560. The molecule has 0 spiro atoms. The maximum atomic E-state index is 12.2. The molecular weight excluding hydrogens is 368 g/mol. The van der Waals surface area contributed by atoms with E-state index in [1.165, 1.54) is 13.2 Å². The molecule has 0 aliphatic carbocycles. The molecule has 0 unspecified atom stereocenters. The first kappa shape index (κ1) is 21.8. The van der Waals surface area contributed by atoms with Gasteiger partial charge in [-0.1, -0.05) is 0 Å². The molecule has 2 rings (SSSR count). The van der Waals surface area contributed by atoms with Gasteiger partial charge >= 0.3 is 5.63 Å². The third kappa shape index (κ3) is 6.93. The number of rotatable bonds is 13. The van der Waals surface area contributed by atoms with Crippen molar-refractivity contribution in [3.8, 4) is 5.75 Å². The van der Waals surface area contributed by atoms with Crippen molar-refractivity contribution in [3.05, 3.63) is 40.2 Å². The van der Waals surface area contributed by atoms with Gasteiger partial charge in [-0.3, -0.25) is 4.79 Å². The highest BCUT2D eigenvalue weighted by Crippen LogP contribution is 2.20. The largest absolute Gasteiger partial charge is 0.497 e. The Bertz CT molecular complexity index is 806. The molecule has 28 heavy (non-hydrogen) atoms. The van der Waals surface area contributed by atoms with E-state index in [-0.39, 0.29) is 12.1 Å². The standard InChI is InChI=1S/C19H26N2O7/c1-24-15-3-2-14-12-16(19(23)28-17(14)13-15)18(22)21-5-7-26-9-11-27-10-8-25-6-4-20/h2-3,12-13H,4-11,20H2,1H3,(H,21,22). The predicted octanol–water partition coefficient (Wildman–Crippen LogP) is 0.540. The van der Waals surface area contributed by atoms with E-state index in [0.29, 0.717) is 62.9 Å². The summed E-state index contributed by atoms with van der Waals surface area (Å²) in [6.07, 6.45) is 0. The number of nitrogens with two attached hydrogens (primary N) is 1. The van der Waals surface area contributed by atoms with Crippen LogP contribution in [0.3, 0.4) is 0 Å². The van der Waals surface area contributed by atoms with Crippen LogP contribution in [0.25, 0.3) is 11.0 Å². The number of hydrogen-bond acceptors (Lipinski definition) is 8. The SMILES string of the molecule is COc1ccc2cc(C(=O)NCCOCCOCCOCCN)c(=O)oc2c1. The lowest BCUT2D eigenvalue weighted by molar-refractivity contribution is 0.0166. The molecule has 0 saturated heterocycles. The van der Waals surface area contributed by atoms with Crippen LogP contribution in [0.2, 0.25) is 0 Å². The van der Waals surface area contributed by atoms with Crippen LogP contribution in [-0.4, -0.2) is 65.7 Å². The van der Waals surface area contributed by atoms with Crippen molar-refractivity contribution >= 4 is 16.9 Å². The second-order valence-electron chi connectivity index (χ2n) is 5.73. The van der Waals surface area contributed by atoms with E-state index in [0.717, 1.165) is 0 Å². The van der Waals surface area contributed by atoms with Gasteiger partial charge in [0, 0.05) is 24.5 Å². The number of carbonyl (C=O) groups excluding carboxylic acids is 1. The first-order valence-electron chi connectivity index (χ1n) is 8.99. The lowest BCUT2D eigenvalue weighted by Crippen LogP contribution is -2.31. The minimum Gasteiger partial charge on any atom is -0.497 e. The Kier molecular flexibility index (Phi) is 9.43. The molecule has 0 saturated carbocycles. The Morgan fingerprint density at radius 3 is 2.39 bits per heavy atom. The number of nitrogens with one attached hydrogen (secondary N) is 1. The summed E-state index contributed by atoms with van der Waals surface area (Å²) in [5, 5.41) is 3.26. The van der Waals surface area contributed by atoms with Crippen molar-refractivity contribution in [2.24, 2.45) is 5.73 Å². The van der Waals surface area contributed by atoms with E-state index in [4.69, 9.17) is 29.1 Å². The summed E-state index contributed by atoms with van der Waals surface area (Å²) in [6.45, 7) is 3.36. The van der Waals surface area contributed by atoms with Gasteiger partial charge in [0.1, 0.15) is 16.9 Å². The molecule has 0 radical (unpaired) electrons. The van der Waals surface area contributed by atoms with Gasteiger partial charge in [0.05, 0.1) is 46.8 Å². The van der Waals surface area contributed by atoms with Gasteiger partial charge < -0.3 is 34.4 Å². The minimum absolute atomic E-state index is 0.0570. The van der Waals surface area contributed by atoms with Gasteiger partial charge in [0.25, 0.3) is 5.91 Å². The molecule has 0 fully saturated rings. The van der Waals surface area contributed by atoms with Crippen molar-refractivity contribution in [3.63, 3.8) is 0 Å². The van der Waals surface area contributed by atoms with E-state index in [9.17, 15) is 9.59 Å². The van der Waals surface area contributed by atoms with Gasteiger partial charge in [-0.2, -0.15) is 0 Å². The van der Waals surface area contributed by atoms with Crippen LogP contribution in [0, 0.1) is 0 Å². The van der Waals surface area contributed by atoms with E-state index >= 15 is 0 Å². The molecule has 1 aromatic carbocycles. The average Bonchev–Trinajstić information content (AvgIpc) is 2.70. The van der Waals surface area contributed by atoms with Crippen molar-refractivity contribution in [1.82, 2.24) is 5.32 Å². The Balaban J connectivity index is 1.69. The van der Waals surface area contributed by atoms with Gasteiger partial charge in [-0.25, -0.2) is 4.79 Å². The summed E-state index contributed by atoms with van der Waals surface area (Å²) in [7, 11) is 1.52. The van der Waals surface area contributed by atoms with Crippen LogP contribution in [0.15, 0.2) is 33.5 Å². The number of benzene rings is 1. The van der Waals surface area contributed by atoms with Crippen molar-refractivity contribution in [1.29, 1.82) is 0 Å². The van der Waals surface area contributed by atoms with Crippen molar-refractivity contribution in [2.75, 3.05) is 59.8 Å². The first-order valence-corrected chi connectivity index (χ1v) is 8.99. The van der Waals surface area contributed by atoms with Crippen LogP contribution in [0.5, 0.6) is 5.75 Å². The second kappa shape index (κ2) is 12.1. The van der Waals surface area contributed by atoms with Gasteiger partial charge in [0.15, 0.2) is 0 Å². The fourth-order valence-electron chi connectivity index (χ4n) is 2.33. The maximum Gasteiger partial charge on any atom is 0.349 e. The van der Waals surface area contributed by atoms with E-state index in [1.807, 2.05) is 0 Å². The number of fused-ring (bicyclic) bond motifs is 1. The topological polar surface area (TPSA) is 122 Å². The molecule has 1 aromatic heterocycles. The summed E-state index contributed by atoms with van der Waals surface area (Å²) >= 11 is 0. The zero-order chi connectivity index (χ0) is 20.2. The van der Waals surface area contributed by atoms with Gasteiger partial charge in [0.2, 0.25) is 0 Å². The molecular formula is C19H26N2O7. The van der Waals surface area contributed by atoms with E-state index in [1.54, 1.807) is 18.2 Å². The molecule has 0 aliphatic rings. The smallest absolute Gasteiger partial charge is 0.349 e. The van der Waals surface area contributed by atoms with Crippen LogP contribution < -0.4 is 21.4 Å². The fourth-order valence-corrected chi connectivity index (χ4v) is 2.33. The minimum atomic E-state index is -0.704. The molecule has 1 heterocycles. The molecule has 0 aliphatic heterocycles. The normalized spacial score (nSPS) is 10.9. The second-order valence-corrected chi connectivity index (χ2v) is 5.73. The average molecular weight is 394 g/mol. The zero-order valence-electron chi connectivity index (χ0n) is 15.9. The molecule has 9 nitrogen and oxygen atoms in total. The Morgan fingerprint density at radius 2 is 1.71 bits per heavy atom. The van der Waals surface area contributed by atoms with Crippen LogP contribution in [0.4, 0.5) is 0 Å². The van der Waals surface area contributed by atoms with E-state index < -0.39 is 11.5 Å². The highest BCUT2D eigenvalue weighted by molar-refractivity contribution is 5.96. The summed E-state index contributed by atoms with van der Waals surface area (Å²) < 4.78 is 26.1. The molecule has 1 amide bonds. The molecule has 154 valence electrons. The van der Waals surface area contributed by atoms with Crippen molar-refractivity contribution < 1.29 is 28.2 Å².